The van der Waals surface area contributed by atoms with Gasteiger partial charge in [-0.1, -0.05) is 26.0 Å². The molecule has 1 atom stereocenters. The highest BCUT2D eigenvalue weighted by atomic mass is 35.5. The first-order valence-electron chi connectivity index (χ1n) is 8.87. The van der Waals surface area contributed by atoms with E-state index < -0.39 is 0 Å². The maximum atomic E-state index is 13.6. The smallest absolute Gasteiger partial charge is 0.207 e. The highest BCUT2D eigenvalue weighted by Gasteiger charge is 2.26. The van der Waals surface area contributed by atoms with Crippen LogP contribution in [0.5, 0.6) is 5.75 Å². The number of amides is 1. The molecule has 1 aliphatic heterocycles. The number of nitrogens with zero attached hydrogens (tertiary/aromatic N) is 1. The molecule has 25 heavy (non-hydrogen) atoms. The Morgan fingerprint density at radius 3 is 2.44 bits per heavy atom. The fourth-order valence-corrected chi connectivity index (χ4v) is 2.79. The number of hydrogen-bond acceptors (Lipinski definition) is 3. The Labute approximate surface area is 157 Å². The van der Waals surface area contributed by atoms with Crippen molar-refractivity contribution in [3.63, 3.8) is 0 Å². The second kappa shape index (κ2) is 13.0. The molecule has 0 saturated carbocycles. The van der Waals surface area contributed by atoms with Crippen molar-refractivity contribution < 1.29 is 13.9 Å². The number of benzene rings is 1. The molecule has 1 aliphatic rings. The molecular formula is C19H32ClFN2O2. The van der Waals surface area contributed by atoms with Crippen molar-refractivity contribution in [2.75, 3.05) is 19.7 Å². The van der Waals surface area contributed by atoms with Gasteiger partial charge in [-0.05, 0) is 57.8 Å². The van der Waals surface area contributed by atoms with E-state index in [4.69, 9.17) is 4.74 Å². The molecule has 1 aromatic carbocycles. The van der Waals surface area contributed by atoms with Crippen molar-refractivity contribution in [3.8, 4) is 5.75 Å². The lowest BCUT2D eigenvalue weighted by Gasteiger charge is -2.34. The molecule has 1 unspecified atom stereocenters. The number of fused-ring (bicyclic) bond motifs is 1. The molecule has 1 N–H and O–H groups in total. The summed E-state index contributed by atoms with van der Waals surface area (Å²) in [7, 11) is 0. The Hall–Kier alpha value is -1.33. The zero-order valence-electron chi connectivity index (χ0n) is 15.8. The second-order valence-electron chi connectivity index (χ2n) is 6.37. The van der Waals surface area contributed by atoms with E-state index in [0.717, 1.165) is 37.9 Å². The monoisotopic (exact) mass is 374 g/mol. The van der Waals surface area contributed by atoms with Gasteiger partial charge in [0, 0.05) is 12.1 Å². The fraction of sp³-hybridized carbons (Fsp3) is 0.632. The van der Waals surface area contributed by atoms with Gasteiger partial charge in [0.05, 0.1) is 0 Å². The number of carbonyl (C=O) groups excluding carboxylic acids is 1. The standard InChI is InChI=1S/C15H22FNO.C4H9NO.ClH/c1-3-8-17(9-4-2)13-10-12-6-5-7-14(16)15(12)18-11-13;1-4(2)5-3-6;/h5-7,13H,3-4,8-11H2,1-2H3;3-4H,1-2H3,(H,5,6);1H. The zero-order valence-corrected chi connectivity index (χ0v) is 16.6. The molecule has 1 aromatic rings. The Morgan fingerprint density at radius 1 is 1.32 bits per heavy atom. The van der Waals surface area contributed by atoms with Crippen LogP contribution in [0, 0.1) is 5.82 Å². The van der Waals surface area contributed by atoms with Crippen molar-refractivity contribution in [1.29, 1.82) is 0 Å². The van der Waals surface area contributed by atoms with Gasteiger partial charge in [0.25, 0.3) is 0 Å². The Bertz CT molecular complexity index is 494. The van der Waals surface area contributed by atoms with E-state index >= 15 is 0 Å². The third-order valence-corrected chi connectivity index (χ3v) is 3.86. The maximum Gasteiger partial charge on any atom is 0.207 e. The van der Waals surface area contributed by atoms with Crippen molar-refractivity contribution in [3.05, 3.63) is 29.6 Å². The van der Waals surface area contributed by atoms with Crippen molar-refractivity contribution in [1.82, 2.24) is 10.2 Å². The first kappa shape index (κ1) is 23.7. The third-order valence-electron chi connectivity index (χ3n) is 3.86. The van der Waals surface area contributed by atoms with E-state index in [2.05, 4.69) is 24.1 Å². The molecule has 0 aromatic heterocycles. The molecule has 1 amide bonds. The molecule has 4 nitrogen and oxygen atoms in total. The van der Waals surface area contributed by atoms with Gasteiger partial charge >= 0.3 is 0 Å². The van der Waals surface area contributed by atoms with E-state index in [-0.39, 0.29) is 24.3 Å². The summed E-state index contributed by atoms with van der Waals surface area (Å²) in [5.41, 5.74) is 1.00. The predicted molar refractivity (Wildman–Crippen MR) is 103 cm³/mol. The summed E-state index contributed by atoms with van der Waals surface area (Å²) in [5.74, 6) is 0.227. The number of para-hydroxylation sites is 1. The van der Waals surface area contributed by atoms with Crippen LogP contribution in [0.25, 0.3) is 0 Å². The second-order valence-corrected chi connectivity index (χ2v) is 6.37. The third kappa shape index (κ3) is 8.06. The lowest BCUT2D eigenvalue weighted by molar-refractivity contribution is -0.109. The summed E-state index contributed by atoms with van der Waals surface area (Å²) < 4.78 is 19.2. The summed E-state index contributed by atoms with van der Waals surface area (Å²) in [4.78, 5) is 12.0. The lowest BCUT2D eigenvalue weighted by Crippen LogP contribution is -2.44. The molecule has 2 rings (SSSR count). The lowest BCUT2D eigenvalue weighted by atomic mass is 10.0. The largest absolute Gasteiger partial charge is 0.489 e. The van der Waals surface area contributed by atoms with Crippen molar-refractivity contribution in [2.24, 2.45) is 0 Å². The summed E-state index contributed by atoms with van der Waals surface area (Å²) in [5, 5.41) is 2.53. The molecular weight excluding hydrogens is 343 g/mol. The predicted octanol–water partition coefficient (Wildman–Crippen LogP) is 3.81. The van der Waals surface area contributed by atoms with Crippen LogP contribution in [0.15, 0.2) is 18.2 Å². The Kier molecular flexibility index (Phi) is 12.3. The van der Waals surface area contributed by atoms with E-state index in [0.29, 0.717) is 24.8 Å². The summed E-state index contributed by atoms with van der Waals surface area (Å²) in [6, 6.07) is 5.88. The van der Waals surface area contributed by atoms with Crippen LogP contribution in [-0.4, -0.2) is 43.1 Å². The number of halogens is 2. The van der Waals surface area contributed by atoms with Crippen LogP contribution in [0.4, 0.5) is 4.39 Å². The van der Waals surface area contributed by atoms with E-state index in [1.54, 1.807) is 6.07 Å². The Balaban J connectivity index is 0.000000715. The molecule has 0 saturated heterocycles. The number of rotatable bonds is 7. The van der Waals surface area contributed by atoms with E-state index in [1.165, 1.54) is 6.07 Å². The van der Waals surface area contributed by atoms with Gasteiger partial charge in [-0.3, -0.25) is 9.69 Å². The normalized spacial score (nSPS) is 15.4. The number of nitrogens with one attached hydrogen (secondary N) is 1. The summed E-state index contributed by atoms with van der Waals surface area (Å²) in [6.45, 7) is 11.0. The topological polar surface area (TPSA) is 41.6 Å². The van der Waals surface area contributed by atoms with Gasteiger partial charge in [0.1, 0.15) is 6.61 Å². The molecule has 0 bridgehead atoms. The number of hydrogen-bond donors (Lipinski definition) is 1. The molecule has 144 valence electrons. The highest BCUT2D eigenvalue weighted by Crippen LogP contribution is 2.29. The van der Waals surface area contributed by atoms with Crippen LogP contribution >= 0.6 is 12.4 Å². The zero-order chi connectivity index (χ0) is 17.9. The van der Waals surface area contributed by atoms with E-state index in [1.807, 2.05) is 19.9 Å². The fourth-order valence-electron chi connectivity index (χ4n) is 2.79. The van der Waals surface area contributed by atoms with Crippen LogP contribution in [0.1, 0.15) is 46.1 Å². The minimum absolute atomic E-state index is 0. The van der Waals surface area contributed by atoms with Crippen LogP contribution in [-0.2, 0) is 11.2 Å². The average Bonchev–Trinajstić information content (AvgIpc) is 2.55. The van der Waals surface area contributed by atoms with Crippen LogP contribution in [0.2, 0.25) is 0 Å². The molecule has 0 aliphatic carbocycles. The van der Waals surface area contributed by atoms with E-state index in [9.17, 15) is 9.18 Å². The molecule has 0 spiro atoms. The average molecular weight is 375 g/mol. The first-order valence-corrected chi connectivity index (χ1v) is 8.87. The van der Waals surface area contributed by atoms with Gasteiger partial charge in [0.15, 0.2) is 11.6 Å². The minimum Gasteiger partial charge on any atom is -0.489 e. The van der Waals surface area contributed by atoms with Gasteiger partial charge in [0.2, 0.25) is 6.41 Å². The number of carbonyl (C=O) groups is 1. The minimum atomic E-state index is -0.233. The Morgan fingerprint density at radius 2 is 1.96 bits per heavy atom. The van der Waals surface area contributed by atoms with Gasteiger partial charge in [-0.25, -0.2) is 4.39 Å². The quantitative estimate of drug-likeness (QED) is 0.738. The van der Waals surface area contributed by atoms with Gasteiger partial charge in [-0.2, -0.15) is 0 Å². The molecule has 0 fully saturated rings. The maximum absolute atomic E-state index is 13.6. The van der Waals surface area contributed by atoms with Crippen LogP contribution < -0.4 is 10.1 Å². The van der Waals surface area contributed by atoms with Crippen LogP contribution in [0.3, 0.4) is 0 Å². The number of ether oxygens (including phenoxy) is 1. The molecule has 6 heteroatoms. The summed E-state index contributed by atoms with van der Waals surface area (Å²) >= 11 is 0. The van der Waals surface area contributed by atoms with Gasteiger partial charge < -0.3 is 10.1 Å². The highest BCUT2D eigenvalue weighted by molar-refractivity contribution is 5.85. The van der Waals surface area contributed by atoms with Crippen molar-refractivity contribution >= 4 is 18.8 Å². The molecule has 0 radical (unpaired) electrons. The first-order chi connectivity index (χ1) is 11.5. The summed E-state index contributed by atoms with van der Waals surface area (Å²) in [6.07, 6.45) is 3.89. The molecule has 1 heterocycles. The van der Waals surface area contributed by atoms with Crippen molar-refractivity contribution in [2.45, 2.75) is 59.0 Å². The van der Waals surface area contributed by atoms with Gasteiger partial charge in [-0.15, -0.1) is 12.4 Å². The SMILES string of the molecule is CC(C)NC=O.CCCN(CCC)C1COc2c(F)cccc2C1.Cl.